The monoisotopic (exact) mass is 255 g/mol. The minimum atomic E-state index is -0.0738. The first-order chi connectivity index (χ1) is 9.36. The summed E-state index contributed by atoms with van der Waals surface area (Å²) in [5, 5.41) is 3.43. The number of piperidine rings is 1. The van der Waals surface area contributed by atoms with Crippen molar-refractivity contribution in [3.63, 3.8) is 0 Å². The molecule has 2 aromatic carbocycles. The first-order valence-corrected chi connectivity index (χ1v) is 6.86. The van der Waals surface area contributed by atoms with Crippen LogP contribution >= 0.6 is 0 Å². The summed E-state index contributed by atoms with van der Waals surface area (Å²) in [6, 6.07) is 17.6. The van der Waals surface area contributed by atoms with Gasteiger partial charge < -0.3 is 5.32 Å². The minimum absolute atomic E-state index is 0.0738. The molecule has 0 saturated carbocycles. The molecule has 0 spiro atoms. The number of nitrogens with one attached hydrogen (secondary N) is 1. The van der Waals surface area contributed by atoms with E-state index >= 15 is 0 Å². The van der Waals surface area contributed by atoms with E-state index in [1.54, 1.807) is 12.1 Å². The van der Waals surface area contributed by atoms with E-state index in [1.165, 1.54) is 5.56 Å². The van der Waals surface area contributed by atoms with Crippen molar-refractivity contribution in [1.82, 2.24) is 5.32 Å². The fourth-order valence-corrected chi connectivity index (χ4v) is 3.06. The Morgan fingerprint density at radius 2 is 1.63 bits per heavy atom. The molecule has 2 atom stereocenters. The molecule has 3 rings (SSSR count). The topological polar surface area (TPSA) is 12.0 Å². The molecule has 1 fully saturated rings. The maximum atomic E-state index is 14.0. The third-order valence-electron chi connectivity index (χ3n) is 4.01. The summed E-state index contributed by atoms with van der Waals surface area (Å²) in [5.41, 5.74) is 2.15. The first kappa shape index (κ1) is 12.4. The molecule has 1 N–H and O–H groups in total. The SMILES string of the molecule is Fc1ccccc1C1CCNCC1c1ccccc1. The van der Waals surface area contributed by atoms with Gasteiger partial charge in [-0.25, -0.2) is 4.39 Å². The molecular weight excluding hydrogens is 237 g/mol. The van der Waals surface area contributed by atoms with Gasteiger partial charge in [0.05, 0.1) is 0 Å². The van der Waals surface area contributed by atoms with Crippen molar-refractivity contribution < 1.29 is 4.39 Å². The highest BCUT2D eigenvalue weighted by atomic mass is 19.1. The molecule has 19 heavy (non-hydrogen) atoms. The maximum absolute atomic E-state index is 14.0. The Morgan fingerprint density at radius 3 is 2.42 bits per heavy atom. The van der Waals surface area contributed by atoms with Crippen LogP contribution in [0.25, 0.3) is 0 Å². The average molecular weight is 255 g/mol. The third-order valence-corrected chi connectivity index (χ3v) is 4.01. The summed E-state index contributed by atoms with van der Waals surface area (Å²) < 4.78 is 14.0. The lowest BCUT2D eigenvalue weighted by atomic mass is 9.77. The van der Waals surface area contributed by atoms with E-state index in [0.717, 1.165) is 25.1 Å². The van der Waals surface area contributed by atoms with Gasteiger partial charge in [0.25, 0.3) is 0 Å². The minimum Gasteiger partial charge on any atom is -0.316 e. The van der Waals surface area contributed by atoms with Gasteiger partial charge in [-0.15, -0.1) is 0 Å². The lowest BCUT2D eigenvalue weighted by molar-refractivity contribution is 0.393. The summed E-state index contributed by atoms with van der Waals surface area (Å²) in [7, 11) is 0. The smallest absolute Gasteiger partial charge is 0.126 e. The van der Waals surface area contributed by atoms with Gasteiger partial charge in [0, 0.05) is 12.5 Å². The molecule has 2 heteroatoms. The van der Waals surface area contributed by atoms with Crippen LogP contribution in [-0.2, 0) is 0 Å². The molecular formula is C17H18FN. The van der Waals surface area contributed by atoms with Crippen LogP contribution in [0, 0.1) is 5.82 Å². The van der Waals surface area contributed by atoms with Crippen LogP contribution in [0.15, 0.2) is 54.6 Å². The van der Waals surface area contributed by atoms with Crippen LogP contribution in [-0.4, -0.2) is 13.1 Å². The Labute approximate surface area is 113 Å². The second-order valence-corrected chi connectivity index (χ2v) is 5.14. The number of halogens is 1. The Bertz CT molecular complexity index is 538. The highest BCUT2D eigenvalue weighted by Gasteiger charge is 2.29. The van der Waals surface area contributed by atoms with Crippen LogP contribution in [0.5, 0.6) is 0 Å². The zero-order valence-corrected chi connectivity index (χ0v) is 10.9. The second-order valence-electron chi connectivity index (χ2n) is 5.14. The van der Waals surface area contributed by atoms with E-state index in [1.807, 2.05) is 18.2 Å². The van der Waals surface area contributed by atoms with Gasteiger partial charge >= 0.3 is 0 Å². The number of rotatable bonds is 2. The fraction of sp³-hybridized carbons (Fsp3) is 0.294. The molecule has 1 aliphatic heterocycles. The van der Waals surface area contributed by atoms with Gasteiger partial charge in [-0.3, -0.25) is 0 Å². The lowest BCUT2D eigenvalue weighted by Crippen LogP contribution is -2.34. The average Bonchev–Trinajstić information content (AvgIpc) is 2.49. The van der Waals surface area contributed by atoms with Gasteiger partial charge in [-0.1, -0.05) is 48.5 Å². The highest BCUT2D eigenvalue weighted by molar-refractivity contribution is 5.30. The molecule has 1 saturated heterocycles. The summed E-state index contributed by atoms with van der Waals surface area (Å²) in [5.74, 6) is 0.548. The van der Waals surface area contributed by atoms with Crippen molar-refractivity contribution in [3.8, 4) is 0 Å². The molecule has 1 heterocycles. The molecule has 0 aromatic heterocycles. The predicted octanol–water partition coefficient (Wildman–Crippen LogP) is 3.69. The normalized spacial score (nSPS) is 23.2. The molecule has 0 radical (unpaired) electrons. The Morgan fingerprint density at radius 1 is 0.895 bits per heavy atom. The van der Waals surface area contributed by atoms with E-state index in [9.17, 15) is 4.39 Å². The third kappa shape index (κ3) is 2.54. The van der Waals surface area contributed by atoms with Crippen LogP contribution in [0.1, 0.15) is 29.4 Å². The molecule has 0 bridgehead atoms. The Hall–Kier alpha value is -1.67. The van der Waals surface area contributed by atoms with E-state index in [4.69, 9.17) is 0 Å². The van der Waals surface area contributed by atoms with Crippen LogP contribution in [0.4, 0.5) is 4.39 Å². The summed E-state index contributed by atoms with van der Waals surface area (Å²) in [6.07, 6.45) is 0.987. The van der Waals surface area contributed by atoms with Crippen molar-refractivity contribution in [2.45, 2.75) is 18.3 Å². The molecule has 0 amide bonds. The van der Waals surface area contributed by atoms with Gasteiger partial charge in [0.1, 0.15) is 5.82 Å². The Kier molecular flexibility index (Phi) is 3.60. The molecule has 1 nitrogen and oxygen atoms in total. The van der Waals surface area contributed by atoms with E-state index in [-0.39, 0.29) is 11.7 Å². The highest BCUT2D eigenvalue weighted by Crippen LogP contribution is 2.38. The van der Waals surface area contributed by atoms with Crippen molar-refractivity contribution in [1.29, 1.82) is 0 Å². The Balaban J connectivity index is 1.96. The zero-order valence-electron chi connectivity index (χ0n) is 10.9. The van der Waals surface area contributed by atoms with E-state index < -0.39 is 0 Å². The number of hydrogen-bond donors (Lipinski definition) is 1. The van der Waals surface area contributed by atoms with Crippen molar-refractivity contribution in [2.75, 3.05) is 13.1 Å². The van der Waals surface area contributed by atoms with E-state index in [2.05, 4.69) is 29.6 Å². The predicted molar refractivity (Wildman–Crippen MR) is 75.8 cm³/mol. The van der Waals surface area contributed by atoms with Crippen LogP contribution in [0.3, 0.4) is 0 Å². The molecule has 98 valence electrons. The quantitative estimate of drug-likeness (QED) is 0.863. The van der Waals surface area contributed by atoms with Crippen molar-refractivity contribution in [2.24, 2.45) is 0 Å². The largest absolute Gasteiger partial charge is 0.316 e. The van der Waals surface area contributed by atoms with Gasteiger partial charge in [-0.05, 0) is 36.1 Å². The standard InChI is InChI=1S/C17H18FN/c18-17-9-5-4-8-15(17)14-10-11-19-12-16(14)13-6-2-1-3-7-13/h1-9,14,16,19H,10-12H2. The fourth-order valence-electron chi connectivity index (χ4n) is 3.06. The molecule has 0 aliphatic carbocycles. The zero-order chi connectivity index (χ0) is 13.1. The molecule has 2 unspecified atom stereocenters. The summed E-state index contributed by atoms with van der Waals surface area (Å²) in [4.78, 5) is 0. The maximum Gasteiger partial charge on any atom is 0.126 e. The van der Waals surface area contributed by atoms with Crippen molar-refractivity contribution >= 4 is 0 Å². The molecule has 2 aromatic rings. The van der Waals surface area contributed by atoms with E-state index in [0.29, 0.717) is 5.92 Å². The van der Waals surface area contributed by atoms with Crippen LogP contribution in [0.2, 0.25) is 0 Å². The lowest BCUT2D eigenvalue weighted by Gasteiger charge is -2.33. The van der Waals surface area contributed by atoms with Crippen LogP contribution < -0.4 is 5.32 Å². The van der Waals surface area contributed by atoms with Gasteiger partial charge in [0.15, 0.2) is 0 Å². The van der Waals surface area contributed by atoms with Gasteiger partial charge in [-0.2, -0.15) is 0 Å². The van der Waals surface area contributed by atoms with Gasteiger partial charge in [0.2, 0.25) is 0 Å². The first-order valence-electron chi connectivity index (χ1n) is 6.86. The number of hydrogen-bond acceptors (Lipinski definition) is 1. The number of benzene rings is 2. The second kappa shape index (κ2) is 5.54. The molecule has 1 aliphatic rings. The summed E-state index contributed by atoms with van der Waals surface area (Å²) in [6.45, 7) is 1.88. The van der Waals surface area contributed by atoms with Crippen molar-refractivity contribution in [3.05, 3.63) is 71.5 Å². The summed E-state index contributed by atoms with van der Waals surface area (Å²) >= 11 is 0.